The van der Waals surface area contributed by atoms with E-state index in [2.05, 4.69) is 36.0 Å². The molecule has 5 aromatic rings. The summed E-state index contributed by atoms with van der Waals surface area (Å²) in [6, 6.07) is 14.0. The summed E-state index contributed by atoms with van der Waals surface area (Å²) in [6.07, 6.45) is 3.10. The maximum absolute atomic E-state index is 13.4. The van der Waals surface area contributed by atoms with E-state index in [0.717, 1.165) is 16.1 Å². The van der Waals surface area contributed by atoms with Crippen molar-refractivity contribution in [1.82, 2.24) is 24.7 Å². The molecule has 3 N–H and O–H groups in total. The summed E-state index contributed by atoms with van der Waals surface area (Å²) in [5.41, 5.74) is 3.93. The molecule has 214 valence electrons. The molecule has 5 rings (SSSR count). The Balaban J connectivity index is 1.36. The molecule has 0 spiro atoms. The number of halogens is 1. The highest BCUT2D eigenvalue weighted by atomic mass is 32.2. The van der Waals surface area contributed by atoms with Crippen LogP contribution in [0.2, 0.25) is 0 Å². The highest BCUT2D eigenvalue weighted by Crippen LogP contribution is 2.32. The van der Waals surface area contributed by atoms with E-state index in [1.165, 1.54) is 59.5 Å². The van der Waals surface area contributed by atoms with Crippen molar-refractivity contribution in [2.75, 3.05) is 22.2 Å². The Kier molecular flexibility index (Phi) is 8.29. The first kappa shape index (κ1) is 28.9. The number of anilines is 4. The Morgan fingerprint density at radius 3 is 2.50 bits per heavy atom. The Morgan fingerprint density at radius 1 is 1.02 bits per heavy atom. The number of carbonyl (C=O) groups is 2. The predicted octanol–water partition coefficient (Wildman–Crippen LogP) is 5.23. The lowest BCUT2D eigenvalue weighted by Crippen LogP contribution is -2.13. The number of aryl methyl sites for hydroxylation is 2. The number of amides is 2. The largest absolute Gasteiger partial charge is 0.610 e. The van der Waals surface area contributed by atoms with Gasteiger partial charge in [-0.25, -0.2) is 19.3 Å². The molecule has 0 bridgehead atoms. The Labute approximate surface area is 247 Å². The number of nitrogens with zero attached hydrogens (tertiary/aromatic N) is 5. The summed E-state index contributed by atoms with van der Waals surface area (Å²) >= 11 is -0.138. The van der Waals surface area contributed by atoms with Gasteiger partial charge in [-0.2, -0.15) is 9.78 Å². The normalized spacial score (nSPS) is 11.7. The van der Waals surface area contributed by atoms with E-state index in [0.29, 0.717) is 38.9 Å². The van der Waals surface area contributed by atoms with Gasteiger partial charge in [0.2, 0.25) is 16.9 Å². The van der Waals surface area contributed by atoms with Gasteiger partial charge in [-0.1, -0.05) is 17.4 Å². The molecule has 0 radical (unpaired) electrons. The van der Waals surface area contributed by atoms with Crippen molar-refractivity contribution in [3.05, 3.63) is 83.6 Å². The van der Waals surface area contributed by atoms with Crippen LogP contribution in [-0.4, -0.2) is 47.4 Å². The SMILES string of the molecule is CC(=O)Nc1nc(C)c(-c2ccnc(Nc3cc(NC(=O)c4cc([S+](C)[O-])n(-c5ccc(F)cc5)n4)ccc3C)n2)s1. The molecule has 3 aromatic heterocycles. The second-order valence-corrected chi connectivity index (χ2v) is 11.5. The summed E-state index contributed by atoms with van der Waals surface area (Å²) in [4.78, 5) is 38.7. The number of hydrogen-bond donors (Lipinski definition) is 3. The highest BCUT2D eigenvalue weighted by molar-refractivity contribution is 7.90. The highest BCUT2D eigenvalue weighted by Gasteiger charge is 2.22. The number of nitrogens with one attached hydrogen (secondary N) is 3. The molecule has 3 heterocycles. The number of hydrogen-bond acceptors (Lipinski definition) is 9. The van der Waals surface area contributed by atoms with Crippen LogP contribution in [0.5, 0.6) is 0 Å². The zero-order valence-corrected chi connectivity index (χ0v) is 24.6. The van der Waals surface area contributed by atoms with Crippen molar-refractivity contribution in [2.24, 2.45) is 0 Å². The molecule has 2 amide bonds. The zero-order chi connectivity index (χ0) is 30.0. The van der Waals surface area contributed by atoms with E-state index in [1.54, 1.807) is 24.4 Å². The fourth-order valence-corrected chi connectivity index (χ4v) is 5.63. The third-order valence-corrected chi connectivity index (χ3v) is 7.96. The van der Waals surface area contributed by atoms with Crippen molar-refractivity contribution < 1.29 is 18.5 Å². The lowest BCUT2D eigenvalue weighted by Gasteiger charge is -2.11. The molecule has 2 aromatic carbocycles. The topological polar surface area (TPSA) is 150 Å². The standard InChI is InChI=1S/C28H25FN8O3S2/c1-15-5-8-19(33-26(39)23-14-24(42(4)40)37(36-23)20-9-6-18(29)7-10-20)13-22(15)35-27-30-12-11-21(34-27)25-16(2)31-28(41-25)32-17(3)38/h5-14H,1-4H3,(H,33,39)(H,30,34,35)(H,31,32,38). The molecule has 0 saturated carbocycles. The third kappa shape index (κ3) is 6.46. The van der Waals surface area contributed by atoms with E-state index in [9.17, 15) is 18.5 Å². The van der Waals surface area contributed by atoms with Crippen molar-refractivity contribution in [3.8, 4) is 16.3 Å². The van der Waals surface area contributed by atoms with Gasteiger partial charge in [-0.3, -0.25) is 9.59 Å². The first-order chi connectivity index (χ1) is 20.1. The molecule has 0 fully saturated rings. The third-order valence-electron chi connectivity index (χ3n) is 5.98. The Bertz CT molecular complexity index is 1790. The van der Waals surface area contributed by atoms with Crippen LogP contribution in [0.25, 0.3) is 16.3 Å². The second-order valence-electron chi connectivity index (χ2n) is 9.20. The smallest absolute Gasteiger partial charge is 0.276 e. The molecule has 0 aliphatic heterocycles. The summed E-state index contributed by atoms with van der Waals surface area (Å²) in [5.74, 6) is -0.796. The molecule has 0 aliphatic rings. The second kappa shape index (κ2) is 12.1. The molecule has 0 aliphatic carbocycles. The van der Waals surface area contributed by atoms with Crippen LogP contribution in [0.4, 0.5) is 26.8 Å². The molecule has 1 unspecified atom stereocenters. The summed E-state index contributed by atoms with van der Waals surface area (Å²) < 4.78 is 27.1. The Hall–Kier alpha value is -4.66. The van der Waals surface area contributed by atoms with Crippen molar-refractivity contribution in [2.45, 2.75) is 25.8 Å². The molecular formula is C28H25FN8O3S2. The van der Waals surface area contributed by atoms with Crippen LogP contribution in [0.15, 0.2) is 65.8 Å². The lowest BCUT2D eigenvalue weighted by molar-refractivity contribution is -0.114. The fourth-order valence-electron chi connectivity index (χ4n) is 3.98. The van der Waals surface area contributed by atoms with Crippen LogP contribution in [0.1, 0.15) is 28.7 Å². The van der Waals surface area contributed by atoms with E-state index in [4.69, 9.17) is 0 Å². The lowest BCUT2D eigenvalue weighted by atomic mass is 10.1. The number of aromatic nitrogens is 5. The average Bonchev–Trinajstić information content (AvgIpc) is 3.55. The van der Waals surface area contributed by atoms with Crippen molar-refractivity contribution in [1.29, 1.82) is 0 Å². The van der Waals surface area contributed by atoms with E-state index in [1.807, 2.05) is 19.9 Å². The quantitative estimate of drug-likeness (QED) is 0.204. The van der Waals surface area contributed by atoms with E-state index in [-0.39, 0.29) is 11.6 Å². The molecule has 0 saturated heterocycles. The van der Waals surface area contributed by atoms with Crippen LogP contribution < -0.4 is 16.0 Å². The van der Waals surface area contributed by atoms with Gasteiger partial charge in [-0.15, -0.1) is 0 Å². The van der Waals surface area contributed by atoms with Gasteiger partial charge in [-0.05, 0) is 61.9 Å². The maximum atomic E-state index is 13.4. The van der Waals surface area contributed by atoms with Gasteiger partial charge < -0.3 is 20.5 Å². The number of benzene rings is 2. The minimum atomic E-state index is -1.46. The van der Waals surface area contributed by atoms with Gasteiger partial charge in [0.15, 0.2) is 10.8 Å². The maximum Gasteiger partial charge on any atom is 0.276 e. The van der Waals surface area contributed by atoms with Crippen LogP contribution in [-0.2, 0) is 16.0 Å². The van der Waals surface area contributed by atoms with Gasteiger partial charge in [0.25, 0.3) is 5.91 Å². The first-order valence-corrected chi connectivity index (χ1v) is 14.9. The van der Waals surface area contributed by atoms with Gasteiger partial charge in [0.05, 0.1) is 22.0 Å². The van der Waals surface area contributed by atoms with Gasteiger partial charge >= 0.3 is 0 Å². The molecule has 14 heteroatoms. The zero-order valence-electron chi connectivity index (χ0n) is 22.9. The first-order valence-electron chi connectivity index (χ1n) is 12.5. The van der Waals surface area contributed by atoms with Crippen LogP contribution in [0, 0.1) is 19.7 Å². The van der Waals surface area contributed by atoms with Gasteiger partial charge in [0, 0.05) is 41.7 Å². The van der Waals surface area contributed by atoms with Crippen LogP contribution in [0.3, 0.4) is 0 Å². The van der Waals surface area contributed by atoms with E-state index >= 15 is 0 Å². The van der Waals surface area contributed by atoms with Crippen LogP contribution >= 0.6 is 11.3 Å². The fraction of sp³-hybridized carbons (Fsp3) is 0.143. The number of thiazole rings is 1. The van der Waals surface area contributed by atoms with Crippen molar-refractivity contribution >= 4 is 56.8 Å². The molecule has 1 atom stereocenters. The minimum Gasteiger partial charge on any atom is -0.610 e. The number of rotatable bonds is 8. The molecule has 42 heavy (non-hydrogen) atoms. The summed E-state index contributed by atoms with van der Waals surface area (Å²) in [6.45, 7) is 5.16. The predicted molar refractivity (Wildman–Crippen MR) is 160 cm³/mol. The monoisotopic (exact) mass is 604 g/mol. The molecule has 11 nitrogen and oxygen atoms in total. The van der Waals surface area contributed by atoms with Crippen molar-refractivity contribution in [3.63, 3.8) is 0 Å². The van der Waals surface area contributed by atoms with Gasteiger partial charge in [0.1, 0.15) is 12.1 Å². The number of carbonyl (C=O) groups excluding carboxylic acids is 2. The average molecular weight is 605 g/mol. The summed E-state index contributed by atoms with van der Waals surface area (Å²) in [7, 11) is 0. The Morgan fingerprint density at radius 2 is 1.79 bits per heavy atom. The molecular weight excluding hydrogens is 579 g/mol. The minimum absolute atomic E-state index is 0.0502. The van der Waals surface area contributed by atoms with E-state index < -0.39 is 22.9 Å². The summed E-state index contributed by atoms with van der Waals surface area (Å²) in [5, 5.41) is 13.8.